The summed E-state index contributed by atoms with van der Waals surface area (Å²) in [4.78, 5) is 6.71. The van der Waals surface area contributed by atoms with Crippen LogP contribution in [0.2, 0.25) is 0 Å². The first-order valence-electron chi connectivity index (χ1n) is 11.0. The Balaban J connectivity index is 1.59. The van der Waals surface area contributed by atoms with Crippen LogP contribution in [0.4, 0.5) is 0 Å². The van der Waals surface area contributed by atoms with Gasteiger partial charge in [0.1, 0.15) is 17.3 Å². The molecule has 35 heavy (non-hydrogen) atoms. The number of aromatic nitrogens is 2. The molecule has 3 heterocycles. The molecule has 1 unspecified atom stereocenters. The minimum Gasteiger partial charge on any atom is -0.497 e. The number of allylic oxidation sites excluding steroid dienone is 1. The van der Waals surface area contributed by atoms with E-state index in [9.17, 15) is 0 Å². The van der Waals surface area contributed by atoms with Crippen molar-refractivity contribution in [1.29, 1.82) is 0 Å². The molecule has 2 aromatic heterocycles. The van der Waals surface area contributed by atoms with E-state index in [2.05, 4.69) is 10.5 Å². The van der Waals surface area contributed by atoms with Crippen molar-refractivity contribution in [2.45, 2.75) is 19.5 Å². The fourth-order valence-corrected chi connectivity index (χ4v) is 4.39. The SMILES string of the molecule is COc1ccc(-c2noc(C3=C(C)N(Cc4ccco4)C(=S)NC3c3cccc(OC)c3)n2)cc1. The van der Waals surface area contributed by atoms with Gasteiger partial charge in [0.05, 0.1) is 38.6 Å². The topological polar surface area (TPSA) is 85.8 Å². The number of furan rings is 1. The minimum absolute atomic E-state index is 0.311. The Labute approximate surface area is 208 Å². The fourth-order valence-electron chi connectivity index (χ4n) is 4.07. The molecule has 0 spiro atoms. The molecule has 2 aromatic carbocycles. The van der Waals surface area contributed by atoms with Crippen LogP contribution in [0, 0.1) is 0 Å². The first-order chi connectivity index (χ1) is 17.1. The Kier molecular flexibility index (Phi) is 6.24. The molecule has 1 aliphatic rings. The number of methoxy groups -OCH3 is 2. The quantitative estimate of drug-likeness (QED) is 0.352. The smallest absolute Gasteiger partial charge is 0.258 e. The maximum Gasteiger partial charge on any atom is 0.258 e. The van der Waals surface area contributed by atoms with Gasteiger partial charge in [-0.1, -0.05) is 17.3 Å². The number of nitrogens with zero attached hydrogens (tertiary/aromatic N) is 3. The van der Waals surface area contributed by atoms with Gasteiger partial charge in [-0.25, -0.2) is 0 Å². The highest BCUT2D eigenvalue weighted by molar-refractivity contribution is 7.80. The van der Waals surface area contributed by atoms with Crippen molar-refractivity contribution in [1.82, 2.24) is 20.4 Å². The average Bonchev–Trinajstić information content (AvgIpc) is 3.59. The molecule has 1 atom stereocenters. The maximum atomic E-state index is 5.80. The lowest BCUT2D eigenvalue weighted by atomic mass is 9.94. The van der Waals surface area contributed by atoms with E-state index in [1.165, 1.54) is 0 Å². The number of nitrogens with one attached hydrogen (secondary N) is 1. The molecule has 0 radical (unpaired) electrons. The number of benzene rings is 2. The molecular weight excluding hydrogens is 464 g/mol. The van der Waals surface area contributed by atoms with E-state index in [0.29, 0.717) is 23.4 Å². The van der Waals surface area contributed by atoms with Gasteiger partial charge in [-0.3, -0.25) is 0 Å². The van der Waals surface area contributed by atoms with Crippen molar-refractivity contribution in [2.75, 3.05) is 14.2 Å². The molecule has 8 nitrogen and oxygen atoms in total. The second-order valence-corrected chi connectivity index (χ2v) is 8.36. The molecule has 4 aromatic rings. The van der Waals surface area contributed by atoms with Gasteiger partial charge in [0.15, 0.2) is 5.11 Å². The summed E-state index contributed by atoms with van der Waals surface area (Å²) < 4.78 is 22.1. The molecule has 0 amide bonds. The van der Waals surface area contributed by atoms with Crippen LogP contribution in [0.3, 0.4) is 0 Å². The van der Waals surface area contributed by atoms with Gasteiger partial charge in [-0.2, -0.15) is 4.98 Å². The molecule has 0 fully saturated rings. The van der Waals surface area contributed by atoms with E-state index in [0.717, 1.165) is 39.7 Å². The van der Waals surface area contributed by atoms with Crippen molar-refractivity contribution in [3.8, 4) is 22.9 Å². The standard InChI is InChI=1S/C26H24N4O4S/c1-16-22(25-28-24(29-34-25)17-9-11-19(31-2)12-10-17)23(18-6-4-7-20(14-18)32-3)27-26(35)30(16)15-21-8-5-13-33-21/h4-14,23H,15H2,1-3H3,(H,27,35). The van der Waals surface area contributed by atoms with Gasteiger partial charge >= 0.3 is 0 Å². The Hall–Kier alpha value is -4.11. The van der Waals surface area contributed by atoms with Crippen molar-refractivity contribution in [3.63, 3.8) is 0 Å². The molecule has 0 aliphatic carbocycles. The van der Waals surface area contributed by atoms with Gasteiger partial charge < -0.3 is 28.6 Å². The lowest BCUT2D eigenvalue weighted by Gasteiger charge is -2.37. The average molecular weight is 489 g/mol. The lowest BCUT2D eigenvalue weighted by molar-refractivity contribution is 0.382. The van der Waals surface area contributed by atoms with Gasteiger partial charge in [-0.15, -0.1) is 0 Å². The third-order valence-electron chi connectivity index (χ3n) is 5.92. The summed E-state index contributed by atoms with van der Waals surface area (Å²) in [6.45, 7) is 2.47. The molecule has 0 saturated heterocycles. The van der Waals surface area contributed by atoms with Gasteiger partial charge in [0, 0.05) is 11.3 Å². The number of hydrogen-bond acceptors (Lipinski definition) is 7. The van der Waals surface area contributed by atoms with Gasteiger partial charge in [-0.05, 0) is 73.2 Å². The zero-order valence-corrected chi connectivity index (χ0v) is 20.3. The second kappa shape index (κ2) is 9.63. The van der Waals surface area contributed by atoms with Crippen LogP contribution in [0.1, 0.15) is 30.2 Å². The highest BCUT2D eigenvalue weighted by atomic mass is 32.1. The van der Waals surface area contributed by atoms with Crippen LogP contribution in [0.25, 0.3) is 17.0 Å². The summed E-state index contributed by atoms with van der Waals surface area (Å²) >= 11 is 5.75. The van der Waals surface area contributed by atoms with Crippen LogP contribution in [0.5, 0.6) is 11.5 Å². The third kappa shape index (κ3) is 4.50. The second-order valence-electron chi connectivity index (χ2n) is 7.98. The van der Waals surface area contributed by atoms with Crippen molar-refractivity contribution >= 4 is 22.9 Å². The molecule has 1 N–H and O–H groups in total. The van der Waals surface area contributed by atoms with Gasteiger partial charge in [0.2, 0.25) is 5.82 Å². The Morgan fingerprint density at radius 1 is 1.03 bits per heavy atom. The van der Waals surface area contributed by atoms with E-state index >= 15 is 0 Å². The normalized spacial score (nSPS) is 15.8. The Morgan fingerprint density at radius 3 is 2.54 bits per heavy atom. The van der Waals surface area contributed by atoms with E-state index in [4.69, 9.17) is 35.6 Å². The number of ether oxygens (including phenoxy) is 2. The number of thiocarbonyl (C=S) groups is 1. The molecule has 0 saturated carbocycles. The predicted molar refractivity (Wildman–Crippen MR) is 135 cm³/mol. The predicted octanol–water partition coefficient (Wildman–Crippen LogP) is 5.21. The van der Waals surface area contributed by atoms with Crippen LogP contribution >= 0.6 is 12.2 Å². The van der Waals surface area contributed by atoms with Crippen LogP contribution in [-0.2, 0) is 6.54 Å². The Bertz CT molecular complexity index is 1360. The fraction of sp³-hybridized carbons (Fsp3) is 0.192. The molecule has 0 bridgehead atoms. The first-order valence-corrected chi connectivity index (χ1v) is 11.4. The van der Waals surface area contributed by atoms with E-state index in [1.807, 2.05) is 72.5 Å². The van der Waals surface area contributed by atoms with Crippen molar-refractivity contribution in [2.24, 2.45) is 0 Å². The van der Waals surface area contributed by atoms with Gasteiger partial charge in [0.25, 0.3) is 5.89 Å². The highest BCUT2D eigenvalue weighted by Gasteiger charge is 2.34. The molecule has 178 valence electrons. The zero-order valence-electron chi connectivity index (χ0n) is 19.5. The van der Waals surface area contributed by atoms with Crippen LogP contribution < -0.4 is 14.8 Å². The summed E-state index contributed by atoms with van der Waals surface area (Å²) in [5, 5.41) is 8.27. The largest absolute Gasteiger partial charge is 0.497 e. The van der Waals surface area contributed by atoms with Crippen LogP contribution in [0.15, 0.2) is 81.6 Å². The van der Waals surface area contributed by atoms with E-state index in [-0.39, 0.29) is 6.04 Å². The minimum atomic E-state index is -0.311. The molecule has 9 heteroatoms. The summed E-state index contributed by atoms with van der Waals surface area (Å²) in [7, 11) is 3.27. The maximum absolute atomic E-state index is 5.80. The molecule has 5 rings (SSSR count). The van der Waals surface area contributed by atoms with E-state index in [1.54, 1.807) is 20.5 Å². The van der Waals surface area contributed by atoms with E-state index < -0.39 is 0 Å². The number of hydrogen-bond donors (Lipinski definition) is 1. The lowest BCUT2D eigenvalue weighted by Crippen LogP contribution is -2.45. The monoisotopic (exact) mass is 488 g/mol. The summed E-state index contributed by atoms with van der Waals surface area (Å²) in [5.41, 5.74) is 3.50. The highest BCUT2D eigenvalue weighted by Crippen LogP contribution is 2.38. The third-order valence-corrected chi connectivity index (χ3v) is 6.26. The van der Waals surface area contributed by atoms with Crippen LogP contribution in [-0.4, -0.2) is 34.4 Å². The number of rotatable bonds is 7. The summed E-state index contributed by atoms with van der Waals surface area (Å²) in [5.74, 6) is 3.18. The molecule has 1 aliphatic heterocycles. The summed E-state index contributed by atoms with van der Waals surface area (Å²) in [6, 6.07) is 18.8. The molecular formula is C26H24N4O4S. The Morgan fingerprint density at radius 2 is 1.83 bits per heavy atom. The van der Waals surface area contributed by atoms with Crippen molar-refractivity contribution in [3.05, 3.63) is 89.8 Å². The zero-order chi connectivity index (χ0) is 24.4. The first kappa shape index (κ1) is 22.7. The van der Waals surface area contributed by atoms with Crippen molar-refractivity contribution < 1.29 is 18.4 Å². The summed E-state index contributed by atoms with van der Waals surface area (Å²) in [6.07, 6.45) is 1.65.